The lowest BCUT2D eigenvalue weighted by Gasteiger charge is -2.12. The predicted molar refractivity (Wildman–Crippen MR) is 120 cm³/mol. The lowest BCUT2D eigenvalue weighted by molar-refractivity contribution is 0.414. The number of hydrogen-bond acceptors (Lipinski definition) is 6. The summed E-state index contributed by atoms with van der Waals surface area (Å²) in [7, 11) is 1.66. The summed E-state index contributed by atoms with van der Waals surface area (Å²) in [4.78, 5) is 22.3. The fourth-order valence-corrected chi connectivity index (χ4v) is 3.64. The fraction of sp³-hybridized carbons (Fsp3) is 0.130. The van der Waals surface area contributed by atoms with Crippen LogP contribution >= 0.6 is 0 Å². The summed E-state index contributed by atoms with van der Waals surface area (Å²) >= 11 is 0. The largest absolute Gasteiger partial charge is 0.497 e. The molecule has 0 saturated heterocycles. The van der Waals surface area contributed by atoms with Crippen LogP contribution in [0.1, 0.15) is 5.56 Å². The second-order valence-corrected chi connectivity index (χ2v) is 7.09. The Hall–Kier alpha value is -4.20. The molecular formula is C23H20N6O2. The number of aromatic nitrogens is 5. The molecule has 154 valence electrons. The first-order chi connectivity index (χ1) is 15.2. The third kappa shape index (κ3) is 3.48. The molecular weight excluding hydrogens is 392 g/mol. The number of nitrogens with one attached hydrogen (secondary N) is 2. The first-order valence-corrected chi connectivity index (χ1v) is 9.91. The summed E-state index contributed by atoms with van der Waals surface area (Å²) in [5.41, 5.74) is 2.86. The number of benzene rings is 2. The van der Waals surface area contributed by atoms with Crippen LogP contribution in [-0.2, 0) is 6.42 Å². The van der Waals surface area contributed by atoms with E-state index in [-0.39, 0.29) is 5.56 Å². The molecule has 0 radical (unpaired) electrons. The first kappa shape index (κ1) is 18.8. The van der Waals surface area contributed by atoms with Gasteiger partial charge in [0, 0.05) is 12.7 Å². The number of rotatable bonds is 6. The minimum atomic E-state index is -0.177. The Labute approximate surface area is 177 Å². The van der Waals surface area contributed by atoms with Crippen LogP contribution in [0.4, 0.5) is 5.95 Å². The SMILES string of the molecule is COc1cccc(CCNc2ncc3c4[nH]ncc4c(=O)n(-c4ccccc4)c3n2)c1. The van der Waals surface area contributed by atoms with Gasteiger partial charge in [-0.05, 0) is 36.2 Å². The molecule has 0 saturated carbocycles. The van der Waals surface area contributed by atoms with Crippen LogP contribution in [-0.4, -0.2) is 38.4 Å². The number of hydrogen-bond donors (Lipinski definition) is 2. The van der Waals surface area contributed by atoms with Crippen LogP contribution in [0.2, 0.25) is 0 Å². The number of methoxy groups -OCH3 is 1. The van der Waals surface area contributed by atoms with Crippen molar-refractivity contribution >= 4 is 27.9 Å². The predicted octanol–water partition coefficient (Wildman–Crippen LogP) is 3.32. The van der Waals surface area contributed by atoms with Crippen molar-refractivity contribution in [3.63, 3.8) is 0 Å². The number of nitrogens with zero attached hydrogens (tertiary/aromatic N) is 4. The zero-order valence-electron chi connectivity index (χ0n) is 16.9. The second kappa shape index (κ2) is 7.91. The van der Waals surface area contributed by atoms with E-state index in [0.29, 0.717) is 29.0 Å². The van der Waals surface area contributed by atoms with Crippen molar-refractivity contribution in [3.8, 4) is 11.4 Å². The molecule has 3 heterocycles. The Morgan fingerprint density at radius 2 is 1.94 bits per heavy atom. The van der Waals surface area contributed by atoms with E-state index in [1.165, 1.54) is 6.20 Å². The highest BCUT2D eigenvalue weighted by molar-refractivity contribution is 6.02. The summed E-state index contributed by atoms with van der Waals surface area (Å²) in [5.74, 6) is 1.29. The third-order valence-electron chi connectivity index (χ3n) is 5.17. The zero-order chi connectivity index (χ0) is 21.2. The number of anilines is 1. The number of aromatic amines is 1. The number of ether oxygens (including phenoxy) is 1. The minimum absolute atomic E-state index is 0.177. The third-order valence-corrected chi connectivity index (χ3v) is 5.17. The maximum Gasteiger partial charge on any atom is 0.267 e. The molecule has 8 heteroatoms. The van der Waals surface area contributed by atoms with E-state index in [1.807, 2.05) is 54.6 Å². The average Bonchev–Trinajstić information content (AvgIpc) is 3.31. The lowest BCUT2D eigenvalue weighted by Crippen LogP contribution is -2.20. The van der Waals surface area contributed by atoms with Gasteiger partial charge in [-0.15, -0.1) is 0 Å². The molecule has 0 aliphatic rings. The molecule has 0 bridgehead atoms. The number of para-hydroxylation sites is 1. The van der Waals surface area contributed by atoms with E-state index in [1.54, 1.807) is 17.9 Å². The summed E-state index contributed by atoms with van der Waals surface area (Å²) < 4.78 is 6.88. The quantitative estimate of drug-likeness (QED) is 0.444. The monoisotopic (exact) mass is 412 g/mol. The fourth-order valence-electron chi connectivity index (χ4n) is 3.64. The summed E-state index contributed by atoms with van der Waals surface area (Å²) in [5, 5.41) is 11.4. The van der Waals surface area contributed by atoms with Gasteiger partial charge in [-0.2, -0.15) is 10.1 Å². The molecule has 2 aromatic carbocycles. The van der Waals surface area contributed by atoms with Crippen molar-refractivity contribution in [2.45, 2.75) is 6.42 Å². The Morgan fingerprint density at radius 1 is 1.06 bits per heavy atom. The van der Waals surface area contributed by atoms with Crippen LogP contribution < -0.4 is 15.6 Å². The van der Waals surface area contributed by atoms with Gasteiger partial charge in [-0.1, -0.05) is 30.3 Å². The van der Waals surface area contributed by atoms with Crippen molar-refractivity contribution in [1.82, 2.24) is 24.7 Å². The van der Waals surface area contributed by atoms with Crippen molar-refractivity contribution in [2.75, 3.05) is 19.0 Å². The van der Waals surface area contributed by atoms with Crippen molar-refractivity contribution in [2.24, 2.45) is 0 Å². The molecule has 0 amide bonds. The second-order valence-electron chi connectivity index (χ2n) is 7.09. The van der Waals surface area contributed by atoms with E-state index >= 15 is 0 Å². The Balaban J connectivity index is 1.52. The van der Waals surface area contributed by atoms with Crippen molar-refractivity contribution < 1.29 is 4.74 Å². The van der Waals surface area contributed by atoms with Crippen LogP contribution in [0.5, 0.6) is 5.75 Å². The molecule has 31 heavy (non-hydrogen) atoms. The van der Waals surface area contributed by atoms with Gasteiger partial charge in [-0.25, -0.2) is 4.98 Å². The van der Waals surface area contributed by atoms with E-state index in [9.17, 15) is 4.79 Å². The standard InChI is InChI=1S/C23H20N6O2/c1-31-17-9-5-6-15(12-17)10-11-24-23-25-13-18-20-19(14-26-28-20)22(30)29(21(18)27-23)16-7-3-2-4-8-16/h2-9,12-14H,10-11H2,1H3,(H,26,28)(H,24,25,27). The van der Waals surface area contributed by atoms with Crippen LogP contribution in [0.3, 0.4) is 0 Å². The van der Waals surface area contributed by atoms with E-state index in [4.69, 9.17) is 4.74 Å². The molecule has 0 atom stereocenters. The number of pyridine rings is 1. The van der Waals surface area contributed by atoms with Crippen LogP contribution in [0.15, 0.2) is 71.8 Å². The summed E-state index contributed by atoms with van der Waals surface area (Å²) in [6, 6.07) is 17.4. The Kier molecular flexibility index (Phi) is 4.80. The molecule has 5 aromatic rings. The maximum absolute atomic E-state index is 13.2. The summed E-state index contributed by atoms with van der Waals surface area (Å²) in [6.45, 7) is 0.639. The van der Waals surface area contributed by atoms with Gasteiger partial charge >= 0.3 is 0 Å². The normalized spacial score (nSPS) is 11.1. The molecule has 0 fully saturated rings. The highest BCUT2D eigenvalue weighted by Gasteiger charge is 2.16. The highest BCUT2D eigenvalue weighted by atomic mass is 16.5. The van der Waals surface area contributed by atoms with Gasteiger partial charge in [-0.3, -0.25) is 14.5 Å². The molecule has 0 spiro atoms. The number of fused-ring (bicyclic) bond motifs is 3. The van der Waals surface area contributed by atoms with E-state index in [0.717, 1.165) is 28.8 Å². The Bertz CT molecular complexity index is 1430. The Morgan fingerprint density at radius 3 is 2.77 bits per heavy atom. The van der Waals surface area contributed by atoms with Gasteiger partial charge in [0.1, 0.15) is 5.75 Å². The molecule has 5 rings (SSSR count). The lowest BCUT2D eigenvalue weighted by atomic mass is 10.1. The minimum Gasteiger partial charge on any atom is -0.497 e. The summed E-state index contributed by atoms with van der Waals surface area (Å²) in [6.07, 6.45) is 4.04. The van der Waals surface area contributed by atoms with Gasteiger partial charge in [0.25, 0.3) is 5.56 Å². The molecule has 0 aliphatic carbocycles. The van der Waals surface area contributed by atoms with Crippen molar-refractivity contribution in [1.29, 1.82) is 0 Å². The van der Waals surface area contributed by atoms with Crippen LogP contribution in [0.25, 0.3) is 27.6 Å². The zero-order valence-corrected chi connectivity index (χ0v) is 16.9. The van der Waals surface area contributed by atoms with Crippen molar-refractivity contribution in [3.05, 3.63) is 82.9 Å². The molecule has 2 N–H and O–H groups in total. The van der Waals surface area contributed by atoms with Gasteiger partial charge in [0.05, 0.1) is 35.3 Å². The number of H-pyrrole nitrogens is 1. The van der Waals surface area contributed by atoms with Gasteiger partial charge in [0.15, 0.2) is 5.65 Å². The maximum atomic E-state index is 13.2. The average molecular weight is 412 g/mol. The smallest absolute Gasteiger partial charge is 0.267 e. The molecule has 0 unspecified atom stereocenters. The van der Waals surface area contributed by atoms with Gasteiger partial charge < -0.3 is 10.1 Å². The van der Waals surface area contributed by atoms with E-state index in [2.05, 4.69) is 25.5 Å². The first-order valence-electron chi connectivity index (χ1n) is 9.91. The highest BCUT2D eigenvalue weighted by Crippen LogP contribution is 2.22. The molecule has 8 nitrogen and oxygen atoms in total. The van der Waals surface area contributed by atoms with Crippen LogP contribution in [0, 0.1) is 0 Å². The van der Waals surface area contributed by atoms with E-state index < -0.39 is 0 Å². The topological polar surface area (TPSA) is 97.7 Å². The molecule has 3 aromatic heterocycles. The molecule has 0 aliphatic heterocycles. The van der Waals surface area contributed by atoms with Gasteiger partial charge in [0.2, 0.25) is 5.95 Å².